The lowest BCUT2D eigenvalue weighted by Gasteiger charge is -2.24. The van der Waals surface area contributed by atoms with Gasteiger partial charge < -0.3 is 20.1 Å². The Labute approximate surface area is 174 Å². The highest BCUT2D eigenvalue weighted by molar-refractivity contribution is 6.05. The average molecular weight is 409 g/mol. The number of nitrogen functional groups attached to an aromatic ring is 1. The summed E-state index contributed by atoms with van der Waals surface area (Å²) in [5.74, 6) is -0.476. The van der Waals surface area contributed by atoms with Crippen LogP contribution < -0.4 is 10.5 Å². The summed E-state index contributed by atoms with van der Waals surface area (Å²) in [6.07, 6.45) is 1.34. The summed E-state index contributed by atoms with van der Waals surface area (Å²) in [6.45, 7) is 0.293. The maximum absolute atomic E-state index is 13.0. The molecule has 1 atom stereocenters. The van der Waals surface area contributed by atoms with Crippen molar-refractivity contribution in [3.8, 4) is 5.75 Å². The molecule has 1 fully saturated rings. The van der Waals surface area contributed by atoms with Crippen molar-refractivity contribution < 1.29 is 23.9 Å². The molecule has 1 aliphatic rings. The van der Waals surface area contributed by atoms with E-state index in [1.165, 1.54) is 7.11 Å². The van der Waals surface area contributed by atoms with E-state index in [1.807, 2.05) is 0 Å². The highest BCUT2D eigenvalue weighted by atomic mass is 16.6. The molecule has 8 nitrogen and oxygen atoms in total. The van der Waals surface area contributed by atoms with Crippen molar-refractivity contribution in [3.63, 3.8) is 0 Å². The minimum atomic E-state index is -0.535. The van der Waals surface area contributed by atoms with E-state index in [-0.39, 0.29) is 24.1 Å². The molecule has 3 N–H and O–H groups in total. The number of nitrogens with one attached hydrogen (secondary N) is 1. The molecule has 0 spiro atoms. The van der Waals surface area contributed by atoms with Crippen LogP contribution in [0.4, 0.5) is 0 Å². The molecule has 0 radical (unpaired) electrons. The van der Waals surface area contributed by atoms with Crippen LogP contribution in [0.5, 0.6) is 5.75 Å². The lowest BCUT2D eigenvalue weighted by molar-refractivity contribution is -0.142. The number of ketones is 1. The first-order valence-corrected chi connectivity index (χ1v) is 9.50. The summed E-state index contributed by atoms with van der Waals surface area (Å²) in [5, 5.41) is 7.44. The van der Waals surface area contributed by atoms with Crippen LogP contribution in [0.3, 0.4) is 0 Å². The molecule has 1 amide bonds. The zero-order valence-corrected chi connectivity index (χ0v) is 16.6. The van der Waals surface area contributed by atoms with E-state index in [4.69, 9.17) is 15.9 Å². The summed E-state index contributed by atoms with van der Waals surface area (Å²) in [6, 6.07) is 12.4. The Morgan fingerprint density at radius 1 is 1.03 bits per heavy atom. The molecule has 30 heavy (non-hydrogen) atoms. The van der Waals surface area contributed by atoms with Gasteiger partial charge in [0.15, 0.2) is 12.4 Å². The van der Waals surface area contributed by atoms with E-state index >= 15 is 0 Å². The number of ether oxygens (including phenoxy) is 2. The van der Waals surface area contributed by atoms with E-state index in [9.17, 15) is 14.4 Å². The normalized spacial score (nSPS) is 15.5. The molecule has 0 saturated carbocycles. The number of Topliss-reactive ketones (excluding diaryl/α,β-unsaturated/α-hetero) is 1. The Morgan fingerprint density at radius 3 is 2.23 bits per heavy atom. The molecule has 0 bridgehead atoms. The zero-order valence-electron chi connectivity index (χ0n) is 16.6. The molecule has 0 aromatic heterocycles. The van der Waals surface area contributed by atoms with Crippen molar-refractivity contribution >= 4 is 23.5 Å². The maximum atomic E-state index is 13.0. The van der Waals surface area contributed by atoms with E-state index in [0.29, 0.717) is 35.4 Å². The van der Waals surface area contributed by atoms with Crippen molar-refractivity contribution in [1.29, 1.82) is 5.41 Å². The number of amidine groups is 1. The summed E-state index contributed by atoms with van der Waals surface area (Å²) >= 11 is 0. The third-order valence-corrected chi connectivity index (χ3v) is 4.98. The molecule has 1 aliphatic heterocycles. The Morgan fingerprint density at radius 2 is 1.63 bits per heavy atom. The molecule has 2 aromatic rings. The minimum Gasteiger partial charge on any atom is -0.482 e. The molecule has 1 saturated heterocycles. The van der Waals surface area contributed by atoms with E-state index in [1.54, 1.807) is 53.4 Å². The number of hydrogen-bond acceptors (Lipinski definition) is 6. The van der Waals surface area contributed by atoms with E-state index in [2.05, 4.69) is 4.74 Å². The number of esters is 1. The standard InChI is InChI=1S/C22H23N3O5/c1-29-19(26)13-30-17-10-8-14(9-11-17)20(27)18-3-2-12-25(18)22(28)16-6-4-15(5-7-16)21(23)24/h4-11,18H,2-3,12-13H2,1H3,(H3,23,24). The number of nitrogens with two attached hydrogens (primary N) is 1. The number of rotatable bonds is 7. The highest BCUT2D eigenvalue weighted by Crippen LogP contribution is 2.24. The van der Waals surface area contributed by atoms with Gasteiger partial charge in [-0.15, -0.1) is 0 Å². The number of methoxy groups -OCH3 is 1. The van der Waals surface area contributed by atoms with Crippen molar-refractivity contribution in [1.82, 2.24) is 4.90 Å². The summed E-state index contributed by atoms with van der Waals surface area (Å²) in [7, 11) is 1.28. The third-order valence-electron chi connectivity index (χ3n) is 4.98. The fraction of sp³-hybridized carbons (Fsp3) is 0.273. The second-order valence-corrected chi connectivity index (χ2v) is 6.90. The number of benzene rings is 2. The lowest BCUT2D eigenvalue weighted by atomic mass is 10.0. The summed E-state index contributed by atoms with van der Waals surface area (Å²) in [5.41, 5.74) is 6.91. The Bertz CT molecular complexity index is 954. The van der Waals surface area contributed by atoms with Gasteiger partial charge in [-0.05, 0) is 49.2 Å². The molecular formula is C22H23N3O5. The smallest absolute Gasteiger partial charge is 0.343 e. The van der Waals surface area contributed by atoms with Gasteiger partial charge in [0.2, 0.25) is 0 Å². The van der Waals surface area contributed by atoms with Crippen LogP contribution in [0.15, 0.2) is 48.5 Å². The SMILES string of the molecule is COC(=O)COc1ccc(C(=O)C2CCCN2C(=O)c2ccc(C(=N)N)cc2)cc1. The molecule has 0 aliphatic carbocycles. The van der Waals surface area contributed by atoms with Crippen LogP contribution in [-0.2, 0) is 9.53 Å². The molecule has 8 heteroatoms. The third kappa shape index (κ3) is 4.65. The molecule has 1 unspecified atom stereocenters. The Hall–Kier alpha value is -3.68. The fourth-order valence-corrected chi connectivity index (χ4v) is 3.35. The van der Waals surface area contributed by atoms with Crippen LogP contribution in [0, 0.1) is 5.41 Å². The second kappa shape index (κ2) is 9.21. The van der Waals surface area contributed by atoms with Gasteiger partial charge in [0.1, 0.15) is 11.6 Å². The number of carbonyl (C=O) groups is 3. The first-order chi connectivity index (χ1) is 14.4. The largest absolute Gasteiger partial charge is 0.482 e. The Balaban J connectivity index is 1.69. The second-order valence-electron chi connectivity index (χ2n) is 6.90. The molecule has 2 aromatic carbocycles. The first kappa shape index (κ1) is 21.0. The van der Waals surface area contributed by atoms with Gasteiger partial charge in [-0.2, -0.15) is 0 Å². The highest BCUT2D eigenvalue weighted by Gasteiger charge is 2.34. The monoisotopic (exact) mass is 409 g/mol. The lowest BCUT2D eigenvalue weighted by Crippen LogP contribution is -2.40. The van der Waals surface area contributed by atoms with Crippen LogP contribution in [0.25, 0.3) is 0 Å². The topological polar surface area (TPSA) is 123 Å². The number of hydrogen-bond donors (Lipinski definition) is 2. The quantitative estimate of drug-likeness (QED) is 0.312. The summed E-state index contributed by atoms with van der Waals surface area (Å²) < 4.78 is 9.81. The van der Waals surface area contributed by atoms with E-state index < -0.39 is 12.0 Å². The maximum Gasteiger partial charge on any atom is 0.343 e. The van der Waals surface area contributed by atoms with Gasteiger partial charge in [0.25, 0.3) is 5.91 Å². The number of amides is 1. The van der Waals surface area contributed by atoms with Gasteiger partial charge in [-0.3, -0.25) is 15.0 Å². The van der Waals surface area contributed by atoms with Crippen LogP contribution in [-0.4, -0.2) is 54.7 Å². The van der Waals surface area contributed by atoms with Gasteiger partial charge in [0.05, 0.1) is 13.2 Å². The molecular weight excluding hydrogens is 386 g/mol. The van der Waals surface area contributed by atoms with Crippen LogP contribution in [0.1, 0.15) is 39.1 Å². The molecule has 156 valence electrons. The predicted octanol–water partition coefficient (Wildman–Crippen LogP) is 2.01. The molecule has 3 rings (SSSR count). The average Bonchev–Trinajstić information content (AvgIpc) is 3.26. The van der Waals surface area contributed by atoms with Gasteiger partial charge in [-0.1, -0.05) is 12.1 Å². The van der Waals surface area contributed by atoms with Crippen molar-refractivity contribution in [2.24, 2.45) is 5.73 Å². The summed E-state index contributed by atoms with van der Waals surface area (Å²) in [4.78, 5) is 38.7. The van der Waals surface area contributed by atoms with E-state index in [0.717, 1.165) is 6.42 Å². The van der Waals surface area contributed by atoms with Gasteiger partial charge in [-0.25, -0.2) is 4.79 Å². The number of likely N-dealkylation sites (tertiary alicyclic amines) is 1. The van der Waals surface area contributed by atoms with Crippen molar-refractivity contribution in [2.75, 3.05) is 20.3 Å². The van der Waals surface area contributed by atoms with Gasteiger partial charge in [0, 0.05) is 23.2 Å². The Kier molecular flexibility index (Phi) is 6.46. The zero-order chi connectivity index (χ0) is 21.7. The van der Waals surface area contributed by atoms with Crippen LogP contribution >= 0.6 is 0 Å². The molecule has 1 heterocycles. The predicted molar refractivity (Wildman–Crippen MR) is 110 cm³/mol. The van der Waals surface area contributed by atoms with Crippen molar-refractivity contribution in [3.05, 3.63) is 65.2 Å². The van der Waals surface area contributed by atoms with Crippen molar-refractivity contribution in [2.45, 2.75) is 18.9 Å². The number of carbonyl (C=O) groups excluding carboxylic acids is 3. The fourth-order valence-electron chi connectivity index (χ4n) is 3.35. The first-order valence-electron chi connectivity index (χ1n) is 9.50. The van der Waals surface area contributed by atoms with Crippen LogP contribution in [0.2, 0.25) is 0 Å². The van der Waals surface area contributed by atoms with Gasteiger partial charge >= 0.3 is 5.97 Å². The number of nitrogens with zero attached hydrogens (tertiary/aromatic N) is 1. The minimum absolute atomic E-state index is 0.0674.